The number of rotatable bonds is 3. The van der Waals surface area contributed by atoms with E-state index < -0.39 is 0 Å². The van der Waals surface area contributed by atoms with Gasteiger partial charge in [0.2, 0.25) is 0 Å². The minimum absolute atomic E-state index is 0.0672. The van der Waals surface area contributed by atoms with Crippen LogP contribution in [0.15, 0.2) is 47.9 Å². The Bertz CT molecular complexity index is 982. The smallest absolute Gasteiger partial charge is 0.192 e. The van der Waals surface area contributed by atoms with E-state index in [1.165, 1.54) is 0 Å². The lowest BCUT2D eigenvalue weighted by Gasteiger charge is -2.10. The summed E-state index contributed by atoms with van der Waals surface area (Å²) < 4.78 is 1.81. The fourth-order valence-electron chi connectivity index (χ4n) is 2.44. The van der Waals surface area contributed by atoms with E-state index in [4.69, 9.17) is 4.98 Å². The molecule has 0 aliphatic carbocycles. The Hall–Kier alpha value is -2.54. The van der Waals surface area contributed by atoms with Crippen LogP contribution in [0.25, 0.3) is 16.6 Å². The zero-order valence-electron chi connectivity index (χ0n) is 12.7. The minimum atomic E-state index is 0.0672. The van der Waals surface area contributed by atoms with Crippen molar-refractivity contribution < 1.29 is 0 Å². The van der Waals surface area contributed by atoms with E-state index in [-0.39, 0.29) is 5.25 Å². The average molecular weight is 322 g/mol. The normalized spacial score (nSPS) is 12.8. The maximum absolute atomic E-state index is 4.75. The van der Waals surface area contributed by atoms with E-state index in [2.05, 4.69) is 27.0 Å². The molecule has 0 amide bonds. The largest absolute Gasteiger partial charge is 0.240 e. The molecule has 0 saturated heterocycles. The zero-order chi connectivity index (χ0) is 15.8. The average Bonchev–Trinajstić information content (AvgIpc) is 2.98. The van der Waals surface area contributed by atoms with Crippen molar-refractivity contribution in [1.29, 1.82) is 0 Å². The lowest BCUT2D eigenvalue weighted by molar-refractivity contribution is 0.790. The molecular weight excluding hydrogens is 308 g/mol. The first-order valence-electron chi connectivity index (χ1n) is 7.28. The first kappa shape index (κ1) is 14.1. The van der Waals surface area contributed by atoms with Crippen molar-refractivity contribution in [2.45, 2.75) is 24.3 Å². The van der Waals surface area contributed by atoms with Crippen LogP contribution >= 0.6 is 11.8 Å². The van der Waals surface area contributed by atoms with Crippen molar-refractivity contribution in [2.24, 2.45) is 0 Å². The van der Waals surface area contributed by atoms with Crippen LogP contribution in [0.5, 0.6) is 0 Å². The second-order valence-electron chi connectivity index (χ2n) is 5.17. The summed E-state index contributed by atoms with van der Waals surface area (Å²) in [6.07, 6.45) is 3.50. The summed E-state index contributed by atoms with van der Waals surface area (Å²) in [4.78, 5) is 17.9. The highest BCUT2D eigenvalue weighted by Crippen LogP contribution is 2.33. The second kappa shape index (κ2) is 5.58. The number of hydrogen-bond acceptors (Lipinski definition) is 6. The predicted octanol–water partition coefficient (Wildman–Crippen LogP) is 3.23. The van der Waals surface area contributed by atoms with Crippen LogP contribution in [0.3, 0.4) is 0 Å². The van der Waals surface area contributed by atoms with Crippen molar-refractivity contribution in [3.63, 3.8) is 0 Å². The molecule has 1 unspecified atom stereocenters. The molecule has 0 aliphatic rings. The molecule has 114 valence electrons. The van der Waals surface area contributed by atoms with Crippen LogP contribution in [-0.4, -0.2) is 29.5 Å². The maximum Gasteiger partial charge on any atom is 0.192 e. The number of thioether (sulfide) groups is 1. The first-order valence-corrected chi connectivity index (χ1v) is 8.16. The van der Waals surface area contributed by atoms with Gasteiger partial charge in [-0.15, -0.1) is 5.10 Å². The number of hydrogen-bond donors (Lipinski definition) is 0. The van der Waals surface area contributed by atoms with Crippen molar-refractivity contribution in [3.8, 4) is 0 Å². The van der Waals surface area contributed by atoms with Gasteiger partial charge in [0.25, 0.3) is 0 Å². The van der Waals surface area contributed by atoms with Gasteiger partial charge in [-0.25, -0.2) is 19.9 Å². The Balaban J connectivity index is 1.85. The fraction of sp³-hybridized carbons (Fsp3) is 0.188. The van der Waals surface area contributed by atoms with Crippen molar-refractivity contribution in [2.75, 3.05) is 0 Å². The van der Waals surface area contributed by atoms with Crippen LogP contribution < -0.4 is 0 Å². The quantitative estimate of drug-likeness (QED) is 0.426. The number of para-hydroxylation sites is 1. The molecule has 1 atom stereocenters. The van der Waals surface area contributed by atoms with Gasteiger partial charge in [0.15, 0.2) is 10.8 Å². The van der Waals surface area contributed by atoms with E-state index in [0.29, 0.717) is 0 Å². The molecule has 6 nitrogen and oxygen atoms in total. The number of fused-ring (bicyclic) bond motifs is 3. The van der Waals surface area contributed by atoms with Crippen molar-refractivity contribution in [3.05, 3.63) is 54.4 Å². The zero-order valence-corrected chi connectivity index (χ0v) is 13.5. The summed E-state index contributed by atoms with van der Waals surface area (Å²) in [5.74, 6) is 1.51. The van der Waals surface area contributed by atoms with Gasteiger partial charge in [-0.3, -0.25) is 0 Å². The number of nitrogens with zero attached hydrogens (tertiary/aromatic N) is 6. The molecule has 0 bridgehead atoms. The van der Waals surface area contributed by atoms with E-state index in [9.17, 15) is 0 Å². The molecule has 0 spiro atoms. The molecule has 0 saturated carbocycles. The van der Waals surface area contributed by atoms with Gasteiger partial charge in [0, 0.05) is 17.8 Å². The molecule has 0 radical (unpaired) electrons. The summed E-state index contributed by atoms with van der Waals surface area (Å²) in [5.41, 5.74) is 1.74. The standard InChI is InChI=1S/C16H14N6S/c1-10(14-17-8-5-9-18-14)23-16-20-13-7-4-3-6-12(13)15-19-11(2)21-22(15)16/h3-10H,1-2H3. The van der Waals surface area contributed by atoms with Gasteiger partial charge in [0.05, 0.1) is 10.8 Å². The molecular formula is C16H14N6S. The fourth-order valence-corrected chi connectivity index (χ4v) is 3.36. The van der Waals surface area contributed by atoms with Gasteiger partial charge in [-0.2, -0.15) is 4.52 Å². The number of benzene rings is 1. The third kappa shape index (κ3) is 2.53. The molecule has 0 aliphatic heterocycles. The van der Waals surface area contributed by atoms with Crippen LogP contribution in [-0.2, 0) is 0 Å². The molecule has 0 N–H and O–H groups in total. The van der Waals surface area contributed by atoms with Gasteiger partial charge in [-0.1, -0.05) is 23.9 Å². The predicted molar refractivity (Wildman–Crippen MR) is 89.3 cm³/mol. The van der Waals surface area contributed by atoms with Crippen LogP contribution in [0.2, 0.25) is 0 Å². The summed E-state index contributed by atoms with van der Waals surface area (Å²) in [7, 11) is 0. The highest BCUT2D eigenvalue weighted by Gasteiger charge is 2.17. The lowest BCUT2D eigenvalue weighted by atomic mass is 10.2. The van der Waals surface area contributed by atoms with E-state index in [1.807, 2.05) is 41.8 Å². The van der Waals surface area contributed by atoms with E-state index in [1.54, 1.807) is 24.2 Å². The molecule has 0 fully saturated rings. The van der Waals surface area contributed by atoms with Gasteiger partial charge < -0.3 is 0 Å². The van der Waals surface area contributed by atoms with E-state index in [0.717, 1.165) is 33.4 Å². The van der Waals surface area contributed by atoms with Crippen molar-refractivity contribution in [1.82, 2.24) is 29.5 Å². The maximum atomic E-state index is 4.75. The van der Waals surface area contributed by atoms with Crippen LogP contribution in [0, 0.1) is 6.92 Å². The SMILES string of the molecule is Cc1nc2c3ccccc3nc(SC(C)c3ncccn3)n2n1. The Kier molecular flexibility index (Phi) is 3.42. The van der Waals surface area contributed by atoms with Gasteiger partial charge in [0.1, 0.15) is 11.6 Å². The monoisotopic (exact) mass is 322 g/mol. The molecule has 23 heavy (non-hydrogen) atoms. The molecule has 1 aromatic carbocycles. The summed E-state index contributed by atoms with van der Waals surface area (Å²) in [6.45, 7) is 3.95. The highest BCUT2D eigenvalue weighted by atomic mass is 32.2. The van der Waals surface area contributed by atoms with Crippen LogP contribution in [0.1, 0.15) is 23.8 Å². The Labute approximate surface area is 137 Å². The Morgan fingerprint density at radius 3 is 2.65 bits per heavy atom. The third-order valence-electron chi connectivity index (χ3n) is 3.49. The number of aryl methyl sites for hydroxylation is 1. The highest BCUT2D eigenvalue weighted by molar-refractivity contribution is 7.99. The van der Waals surface area contributed by atoms with E-state index >= 15 is 0 Å². The van der Waals surface area contributed by atoms with Gasteiger partial charge >= 0.3 is 0 Å². The summed E-state index contributed by atoms with van der Waals surface area (Å²) in [6, 6.07) is 9.79. The molecule has 7 heteroatoms. The topological polar surface area (TPSA) is 68.9 Å². The molecule has 4 rings (SSSR count). The minimum Gasteiger partial charge on any atom is -0.240 e. The number of aromatic nitrogens is 6. The lowest BCUT2D eigenvalue weighted by Crippen LogP contribution is -2.02. The second-order valence-corrected chi connectivity index (χ2v) is 6.48. The first-order chi connectivity index (χ1) is 11.2. The molecule has 4 aromatic rings. The van der Waals surface area contributed by atoms with Gasteiger partial charge in [-0.05, 0) is 32.0 Å². The Morgan fingerprint density at radius 2 is 1.83 bits per heavy atom. The molecule has 3 heterocycles. The molecule has 3 aromatic heterocycles. The third-order valence-corrected chi connectivity index (χ3v) is 4.53. The summed E-state index contributed by atoms with van der Waals surface area (Å²) in [5, 5.41) is 6.35. The Morgan fingerprint density at radius 1 is 1.04 bits per heavy atom. The van der Waals surface area contributed by atoms with Crippen LogP contribution in [0.4, 0.5) is 0 Å². The summed E-state index contributed by atoms with van der Waals surface area (Å²) >= 11 is 1.58. The van der Waals surface area contributed by atoms with Crippen molar-refractivity contribution >= 4 is 28.3 Å².